The van der Waals surface area contributed by atoms with Crippen LogP contribution in [-0.4, -0.2) is 31.9 Å². The van der Waals surface area contributed by atoms with E-state index in [1.54, 1.807) is 11.8 Å². The molecule has 0 spiro atoms. The maximum absolute atomic E-state index is 12.1. The highest BCUT2D eigenvalue weighted by atomic mass is 35.5. The number of rotatable bonds is 7. The second kappa shape index (κ2) is 7.46. The van der Waals surface area contributed by atoms with Crippen molar-refractivity contribution in [3.8, 4) is 0 Å². The van der Waals surface area contributed by atoms with Crippen LogP contribution in [0.3, 0.4) is 0 Å². The molecule has 0 heterocycles. The summed E-state index contributed by atoms with van der Waals surface area (Å²) in [5.41, 5.74) is -0.499. The fourth-order valence-electron chi connectivity index (χ4n) is 1.40. The van der Waals surface area contributed by atoms with Gasteiger partial charge in [0.05, 0.1) is 9.95 Å². The van der Waals surface area contributed by atoms with Gasteiger partial charge in [0.2, 0.25) is 10.0 Å². The molecule has 0 fully saturated rings. The first-order chi connectivity index (χ1) is 9.31. The third-order valence-corrected chi connectivity index (χ3v) is 5.48. The zero-order valence-corrected chi connectivity index (χ0v) is 13.6. The smallest absolute Gasteiger partial charge is 0.258 e. The van der Waals surface area contributed by atoms with E-state index in [-0.39, 0.29) is 11.6 Å². The summed E-state index contributed by atoms with van der Waals surface area (Å²) in [4.78, 5) is 9.55. The summed E-state index contributed by atoms with van der Waals surface area (Å²) in [5, 5.41) is 10.1. The Labute approximate surface area is 131 Å². The normalized spacial score (nSPS) is 11.6. The average Bonchev–Trinajstić information content (AvgIpc) is 2.34. The summed E-state index contributed by atoms with van der Waals surface area (Å²) in [5.74, 6) is 0.791. The molecule has 1 rings (SSSR count). The highest BCUT2D eigenvalue weighted by Gasteiger charge is 2.27. The Balaban J connectivity index is 3.11. The van der Waals surface area contributed by atoms with Gasteiger partial charge < -0.3 is 0 Å². The zero-order chi connectivity index (χ0) is 15.3. The van der Waals surface area contributed by atoms with E-state index in [4.69, 9.17) is 23.2 Å². The van der Waals surface area contributed by atoms with Crippen LogP contribution in [0.5, 0.6) is 0 Å². The van der Waals surface area contributed by atoms with Crippen LogP contribution in [0.1, 0.15) is 6.42 Å². The van der Waals surface area contributed by atoms with Gasteiger partial charge >= 0.3 is 0 Å². The number of hydrogen-bond donors (Lipinski definition) is 1. The Morgan fingerprint density at radius 3 is 2.60 bits per heavy atom. The molecule has 10 heteroatoms. The summed E-state index contributed by atoms with van der Waals surface area (Å²) in [6.45, 7) is 0.207. The largest absolute Gasteiger partial charge is 0.289 e. The number of sulfonamides is 1. The number of benzene rings is 1. The van der Waals surface area contributed by atoms with E-state index in [0.717, 1.165) is 17.9 Å². The highest BCUT2D eigenvalue weighted by molar-refractivity contribution is 7.98. The highest BCUT2D eigenvalue weighted by Crippen LogP contribution is 2.36. The molecule has 0 aliphatic heterocycles. The first kappa shape index (κ1) is 17.5. The lowest BCUT2D eigenvalue weighted by Crippen LogP contribution is -2.26. The zero-order valence-electron chi connectivity index (χ0n) is 10.4. The minimum atomic E-state index is -3.99. The van der Waals surface area contributed by atoms with Gasteiger partial charge in [-0.05, 0) is 24.5 Å². The predicted molar refractivity (Wildman–Crippen MR) is 81.3 cm³/mol. The van der Waals surface area contributed by atoms with E-state index < -0.39 is 30.6 Å². The fraction of sp³-hybridized carbons (Fsp3) is 0.400. The van der Waals surface area contributed by atoms with E-state index in [1.807, 2.05) is 6.26 Å². The second-order valence-electron chi connectivity index (χ2n) is 3.71. The Morgan fingerprint density at radius 1 is 1.40 bits per heavy atom. The first-order valence-corrected chi connectivity index (χ1v) is 9.05. The molecule has 0 aliphatic rings. The van der Waals surface area contributed by atoms with Crippen molar-refractivity contribution >= 4 is 50.7 Å². The van der Waals surface area contributed by atoms with Crippen molar-refractivity contribution in [2.45, 2.75) is 11.3 Å². The Hall–Kier alpha value is -0.540. The lowest BCUT2D eigenvalue weighted by atomic mass is 10.3. The molecule has 0 bridgehead atoms. The molecule has 0 aromatic heterocycles. The number of nitro benzene ring substituents is 1. The predicted octanol–water partition coefficient (Wildman–Crippen LogP) is 2.93. The molecule has 1 aromatic carbocycles. The summed E-state index contributed by atoms with van der Waals surface area (Å²) < 4.78 is 26.5. The van der Waals surface area contributed by atoms with Crippen molar-refractivity contribution in [2.75, 3.05) is 18.6 Å². The monoisotopic (exact) mass is 358 g/mol. The molecular weight excluding hydrogens is 347 g/mol. The molecule has 1 aromatic rings. The van der Waals surface area contributed by atoms with Gasteiger partial charge in [-0.15, -0.1) is 0 Å². The van der Waals surface area contributed by atoms with E-state index in [0.29, 0.717) is 6.42 Å². The summed E-state index contributed by atoms with van der Waals surface area (Å²) in [7, 11) is -3.99. The van der Waals surface area contributed by atoms with Crippen molar-refractivity contribution in [1.82, 2.24) is 4.72 Å². The van der Waals surface area contributed by atoms with Crippen molar-refractivity contribution in [3.63, 3.8) is 0 Å². The molecule has 0 atom stereocenters. The topological polar surface area (TPSA) is 89.3 Å². The molecule has 0 radical (unpaired) electrons. The van der Waals surface area contributed by atoms with Crippen molar-refractivity contribution in [3.05, 3.63) is 32.3 Å². The minimum absolute atomic E-state index is 0.155. The van der Waals surface area contributed by atoms with E-state index in [9.17, 15) is 18.5 Å². The molecule has 20 heavy (non-hydrogen) atoms. The molecule has 0 amide bonds. The first-order valence-electron chi connectivity index (χ1n) is 5.42. The van der Waals surface area contributed by atoms with Gasteiger partial charge in [-0.2, -0.15) is 11.8 Å². The standard InChI is InChI=1S/C10H12Cl2N2O4S2/c1-19-6-2-5-13-20(17,18)10-7(11)3-4-8(9(10)12)14(15)16/h3-4,13H,2,5-6H2,1H3. The van der Waals surface area contributed by atoms with Crippen LogP contribution in [0.2, 0.25) is 10.0 Å². The van der Waals surface area contributed by atoms with Crippen LogP contribution in [0.25, 0.3) is 0 Å². The molecular formula is C10H12Cl2N2O4S2. The third-order valence-electron chi connectivity index (χ3n) is 2.31. The van der Waals surface area contributed by atoms with E-state index >= 15 is 0 Å². The molecule has 0 unspecified atom stereocenters. The Kier molecular flexibility index (Phi) is 6.53. The summed E-state index contributed by atoms with van der Waals surface area (Å²) >= 11 is 13.2. The van der Waals surface area contributed by atoms with Crippen molar-refractivity contribution in [1.29, 1.82) is 0 Å². The summed E-state index contributed by atoms with van der Waals surface area (Å²) in [6.07, 6.45) is 2.54. The van der Waals surface area contributed by atoms with Crippen LogP contribution in [0.15, 0.2) is 17.0 Å². The maximum Gasteiger partial charge on any atom is 0.289 e. The van der Waals surface area contributed by atoms with E-state index in [2.05, 4.69) is 4.72 Å². The van der Waals surface area contributed by atoms with Crippen molar-refractivity contribution in [2.24, 2.45) is 0 Å². The quantitative estimate of drug-likeness (QED) is 0.459. The van der Waals surface area contributed by atoms with Gasteiger partial charge in [-0.25, -0.2) is 13.1 Å². The van der Waals surface area contributed by atoms with Gasteiger partial charge in [-0.1, -0.05) is 23.2 Å². The lowest BCUT2D eigenvalue weighted by molar-refractivity contribution is -0.384. The molecule has 0 saturated carbocycles. The van der Waals surface area contributed by atoms with Gasteiger partial charge in [-0.3, -0.25) is 10.1 Å². The minimum Gasteiger partial charge on any atom is -0.258 e. The second-order valence-corrected chi connectivity index (χ2v) is 7.19. The van der Waals surface area contributed by atoms with Crippen LogP contribution in [0, 0.1) is 10.1 Å². The number of nitrogens with one attached hydrogen (secondary N) is 1. The molecule has 1 N–H and O–H groups in total. The van der Waals surface area contributed by atoms with Crippen LogP contribution >= 0.6 is 35.0 Å². The Morgan fingerprint density at radius 2 is 2.05 bits per heavy atom. The molecule has 112 valence electrons. The van der Waals surface area contributed by atoms with Crippen molar-refractivity contribution < 1.29 is 13.3 Å². The fourth-order valence-corrected chi connectivity index (χ4v) is 4.11. The SMILES string of the molecule is CSCCCNS(=O)(=O)c1c(Cl)ccc([N+](=O)[O-])c1Cl. The lowest BCUT2D eigenvalue weighted by Gasteiger charge is -2.10. The average molecular weight is 359 g/mol. The van der Waals surface area contributed by atoms with Crippen LogP contribution in [-0.2, 0) is 10.0 Å². The molecule has 6 nitrogen and oxygen atoms in total. The number of halogens is 2. The van der Waals surface area contributed by atoms with Crippen LogP contribution in [0.4, 0.5) is 5.69 Å². The molecule has 0 saturated heterocycles. The van der Waals surface area contributed by atoms with Gasteiger partial charge in [0.25, 0.3) is 5.69 Å². The van der Waals surface area contributed by atoms with Crippen LogP contribution < -0.4 is 4.72 Å². The number of thioether (sulfide) groups is 1. The number of nitro groups is 1. The maximum atomic E-state index is 12.1. The third kappa shape index (κ3) is 4.23. The number of hydrogen-bond acceptors (Lipinski definition) is 5. The molecule has 0 aliphatic carbocycles. The van der Waals surface area contributed by atoms with Gasteiger partial charge in [0, 0.05) is 12.6 Å². The van der Waals surface area contributed by atoms with Gasteiger partial charge in [0.1, 0.15) is 9.92 Å². The summed E-state index contributed by atoms with van der Waals surface area (Å²) in [6, 6.07) is 2.21. The van der Waals surface area contributed by atoms with Gasteiger partial charge in [0.15, 0.2) is 0 Å². The Bertz CT molecular complexity index is 608. The number of nitrogens with zero attached hydrogens (tertiary/aromatic N) is 1. The van der Waals surface area contributed by atoms with E-state index in [1.165, 1.54) is 0 Å².